The van der Waals surface area contributed by atoms with Crippen molar-refractivity contribution < 1.29 is 13.9 Å². The summed E-state index contributed by atoms with van der Waals surface area (Å²) in [5.41, 5.74) is 0.368. The van der Waals surface area contributed by atoms with Crippen LogP contribution in [0.4, 0.5) is 4.39 Å². The van der Waals surface area contributed by atoms with E-state index in [2.05, 4.69) is 0 Å². The highest BCUT2D eigenvalue weighted by atomic mass is 35.5. The summed E-state index contributed by atoms with van der Waals surface area (Å²) in [7, 11) is 0. The van der Waals surface area contributed by atoms with Gasteiger partial charge in [0.15, 0.2) is 17.9 Å². The lowest BCUT2D eigenvalue weighted by molar-refractivity contribution is 0.112. The van der Waals surface area contributed by atoms with Crippen LogP contribution in [0.25, 0.3) is 0 Å². The van der Waals surface area contributed by atoms with E-state index in [-0.39, 0.29) is 10.8 Å². The molecule has 0 aliphatic rings. The number of hydrogen-bond donors (Lipinski definition) is 0. The summed E-state index contributed by atoms with van der Waals surface area (Å²) in [6.07, 6.45) is 0.648. The Morgan fingerprint density at radius 1 is 1.18 bits per heavy atom. The first kappa shape index (κ1) is 11.6. The van der Waals surface area contributed by atoms with Gasteiger partial charge >= 0.3 is 0 Å². The van der Waals surface area contributed by atoms with Crippen molar-refractivity contribution in [3.8, 4) is 11.5 Å². The summed E-state index contributed by atoms with van der Waals surface area (Å²) in [6, 6.07) is 10.6. The number of para-hydroxylation sites is 1. The molecule has 0 unspecified atom stereocenters. The van der Waals surface area contributed by atoms with Gasteiger partial charge < -0.3 is 4.74 Å². The average molecular weight is 251 g/mol. The van der Waals surface area contributed by atoms with Crippen LogP contribution >= 0.6 is 11.6 Å². The molecule has 0 aliphatic heterocycles. The number of hydrogen-bond acceptors (Lipinski definition) is 2. The number of rotatable bonds is 3. The molecular weight excluding hydrogens is 243 g/mol. The molecule has 17 heavy (non-hydrogen) atoms. The molecule has 2 aromatic carbocycles. The third-order valence-electron chi connectivity index (χ3n) is 2.16. The Morgan fingerprint density at radius 2 is 1.94 bits per heavy atom. The minimum atomic E-state index is -0.455. The summed E-state index contributed by atoms with van der Waals surface area (Å²) in [4.78, 5) is 10.6. The van der Waals surface area contributed by atoms with Crippen molar-refractivity contribution in [3.05, 3.63) is 58.9 Å². The minimum Gasteiger partial charge on any atom is -0.454 e. The van der Waals surface area contributed by atoms with E-state index in [4.69, 9.17) is 16.3 Å². The normalized spacial score (nSPS) is 10.0. The first-order valence-electron chi connectivity index (χ1n) is 4.88. The smallest absolute Gasteiger partial charge is 0.165 e. The van der Waals surface area contributed by atoms with Gasteiger partial charge in [0.05, 0.1) is 5.02 Å². The van der Waals surface area contributed by atoms with Gasteiger partial charge in [-0.15, -0.1) is 0 Å². The zero-order chi connectivity index (χ0) is 12.3. The van der Waals surface area contributed by atoms with Gasteiger partial charge in [-0.2, -0.15) is 0 Å². The molecule has 0 aromatic heterocycles. The maximum atomic E-state index is 13.3. The Hall–Kier alpha value is -1.87. The second-order valence-corrected chi connectivity index (χ2v) is 3.74. The molecule has 2 rings (SSSR count). The molecule has 0 fully saturated rings. The van der Waals surface area contributed by atoms with E-state index in [9.17, 15) is 9.18 Å². The van der Waals surface area contributed by atoms with Crippen molar-refractivity contribution in [2.24, 2.45) is 0 Å². The fraction of sp³-hybridized carbons (Fsp3) is 0. The van der Waals surface area contributed by atoms with Crippen LogP contribution in [0.5, 0.6) is 11.5 Å². The van der Waals surface area contributed by atoms with Gasteiger partial charge in [0.2, 0.25) is 0 Å². The van der Waals surface area contributed by atoms with Crippen molar-refractivity contribution in [3.63, 3.8) is 0 Å². The topological polar surface area (TPSA) is 26.3 Å². The maximum absolute atomic E-state index is 13.3. The predicted octanol–water partition coefficient (Wildman–Crippen LogP) is 4.08. The van der Waals surface area contributed by atoms with Crippen LogP contribution in [0.2, 0.25) is 5.02 Å². The monoisotopic (exact) mass is 250 g/mol. The molecule has 0 aliphatic carbocycles. The zero-order valence-corrected chi connectivity index (χ0v) is 9.45. The van der Waals surface area contributed by atoms with E-state index in [1.54, 1.807) is 18.2 Å². The Bertz CT molecular complexity index is 555. The third-order valence-corrected chi connectivity index (χ3v) is 2.49. The second-order valence-electron chi connectivity index (χ2n) is 3.33. The largest absolute Gasteiger partial charge is 0.454 e. The summed E-state index contributed by atoms with van der Waals surface area (Å²) in [5, 5.41) is 0.272. The molecule has 0 atom stereocenters. The second kappa shape index (κ2) is 4.97. The molecule has 0 saturated carbocycles. The average Bonchev–Trinajstić information content (AvgIpc) is 2.32. The maximum Gasteiger partial charge on any atom is 0.165 e. The molecule has 0 amide bonds. The van der Waals surface area contributed by atoms with Gasteiger partial charge in [-0.1, -0.05) is 23.7 Å². The van der Waals surface area contributed by atoms with Crippen molar-refractivity contribution in [2.45, 2.75) is 0 Å². The van der Waals surface area contributed by atoms with Gasteiger partial charge in [0.25, 0.3) is 0 Å². The number of ether oxygens (including phenoxy) is 1. The van der Waals surface area contributed by atoms with Gasteiger partial charge in [-0.05, 0) is 24.3 Å². The fourth-order valence-electron chi connectivity index (χ4n) is 1.32. The number of halogens is 2. The lowest BCUT2D eigenvalue weighted by Crippen LogP contribution is -1.89. The number of carbonyl (C=O) groups excluding carboxylic acids is 1. The SMILES string of the molecule is O=Cc1ccc(Oc2ccccc2F)cc1Cl. The van der Waals surface area contributed by atoms with Crippen LogP contribution in [0.1, 0.15) is 10.4 Å². The standard InChI is InChI=1S/C13H8ClFO2/c14-11-7-10(6-5-9(11)8-16)17-13-4-2-1-3-12(13)15/h1-8H. The van der Waals surface area contributed by atoms with Crippen molar-refractivity contribution >= 4 is 17.9 Å². The van der Waals surface area contributed by atoms with Crippen molar-refractivity contribution in [2.75, 3.05) is 0 Å². The van der Waals surface area contributed by atoms with E-state index in [0.29, 0.717) is 17.6 Å². The highest BCUT2D eigenvalue weighted by Crippen LogP contribution is 2.27. The molecule has 0 spiro atoms. The molecule has 0 radical (unpaired) electrons. The van der Waals surface area contributed by atoms with Crippen molar-refractivity contribution in [1.29, 1.82) is 0 Å². The lowest BCUT2D eigenvalue weighted by Gasteiger charge is -2.07. The summed E-state index contributed by atoms with van der Waals surface area (Å²) < 4.78 is 18.6. The van der Waals surface area contributed by atoms with E-state index in [1.165, 1.54) is 24.3 Å². The summed E-state index contributed by atoms with van der Waals surface area (Å²) in [5.74, 6) is 0.0382. The van der Waals surface area contributed by atoms with Crippen LogP contribution in [0, 0.1) is 5.82 Å². The quantitative estimate of drug-likeness (QED) is 0.767. The Labute approximate surface area is 103 Å². The summed E-state index contributed by atoms with van der Waals surface area (Å²) in [6.45, 7) is 0. The van der Waals surface area contributed by atoms with Crippen LogP contribution in [0.3, 0.4) is 0 Å². The van der Waals surface area contributed by atoms with Crippen LogP contribution in [-0.2, 0) is 0 Å². The highest BCUT2D eigenvalue weighted by Gasteiger charge is 2.05. The first-order chi connectivity index (χ1) is 8.20. The minimum absolute atomic E-state index is 0.113. The van der Waals surface area contributed by atoms with Gasteiger partial charge in [-0.3, -0.25) is 4.79 Å². The molecule has 86 valence electrons. The van der Waals surface area contributed by atoms with E-state index >= 15 is 0 Å². The zero-order valence-electron chi connectivity index (χ0n) is 8.69. The van der Waals surface area contributed by atoms with E-state index in [1.807, 2.05) is 0 Å². The molecule has 0 bridgehead atoms. The highest BCUT2D eigenvalue weighted by molar-refractivity contribution is 6.33. The van der Waals surface area contributed by atoms with Crippen molar-refractivity contribution in [1.82, 2.24) is 0 Å². The molecule has 4 heteroatoms. The van der Waals surface area contributed by atoms with Crippen LogP contribution < -0.4 is 4.74 Å². The Morgan fingerprint density at radius 3 is 2.59 bits per heavy atom. The molecule has 0 saturated heterocycles. The molecular formula is C13H8ClFO2. The summed E-state index contributed by atoms with van der Waals surface area (Å²) >= 11 is 5.83. The molecule has 0 heterocycles. The Balaban J connectivity index is 2.28. The van der Waals surface area contributed by atoms with E-state index < -0.39 is 5.82 Å². The lowest BCUT2D eigenvalue weighted by atomic mass is 10.2. The number of benzene rings is 2. The molecule has 2 aromatic rings. The first-order valence-corrected chi connectivity index (χ1v) is 5.25. The number of aldehydes is 1. The van der Waals surface area contributed by atoms with E-state index in [0.717, 1.165) is 0 Å². The third kappa shape index (κ3) is 2.63. The van der Waals surface area contributed by atoms with Crippen LogP contribution in [0.15, 0.2) is 42.5 Å². The number of carbonyl (C=O) groups is 1. The fourth-order valence-corrected chi connectivity index (χ4v) is 1.54. The van der Waals surface area contributed by atoms with Crippen LogP contribution in [-0.4, -0.2) is 6.29 Å². The molecule has 2 nitrogen and oxygen atoms in total. The van der Waals surface area contributed by atoms with Gasteiger partial charge in [0, 0.05) is 11.6 Å². The van der Waals surface area contributed by atoms with Gasteiger partial charge in [0.1, 0.15) is 5.75 Å². The molecule has 0 N–H and O–H groups in total. The Kier molecular flexibility index (Phi) is 3.40. The van der Waals surface area contributed by atoms with Gasteiger partial charge in [-0.25, -0.2) is 4.39 Å². The predicted molar refractivity (Wildman–Crippen MR) is 63.3 cm³/mol.